The first-order valence-corrected chi connectivity index (χ1v) is 10.2. The van der Waals surface area contributed by atoms with E-state index in [1.54, 1.807) is 24.5 Å². The summed E-state index contributed by atoms with van der Waals surface area (Å²) >= 11 is 0. The maximum atomic E-state index is 12.2. The summed E-state index contributed by atoms with van der Waals surface area (Å²) in [5, 5.41) is 4.51. The number of fused-ring (bicyclic) bond motifs is 2. The first kappa shape index (κ1) is 17.4. The Kier molecular flexibility index (Phi) is 4.40. The number of pyridine rings is 1. The topological polar surface area (TPSA) is 61.0 Å². The second-order valence-corrected chi connectivity index (χ2v) is 8.29. The predicted octanol–water partition coefficient (Wildman–Crippen LogP) is 3.34. The van der Waals surface area contributed by atoms with Gasteiger partial charge < -0.3 is 15.2 Å². The molecule has 0 radical (unpaired) electrons. The fraction of sp³-hybridized carbons (Fsp3) is 0.391. The van der Waals surface area contributed by atoms with Crippen LogP contribution in [0.1, 0.15) is 40.2 Å². The molecule has 1 amide bonds. The van der Waals surface area contributed by atoms with Crippen LogP contribution in [0.2, 0.25) is 0 Å². The van der Waals surface area contributed by atoms with Crippen molar-refractivity contribution in [2.75, 3.05) is 20.1 Å². The van der Waals surface area contributed by atoms with E-state index < -0.39 is 0 Å². The minimum absolute atomic E-state index is 0.0328. The van der Waals surface area contributed by atoms with Crippen LogP contribution in [-0.2, 0) is 6.42 Å². The molecular formula is C23H26N4O. The van der Waals surface area contributed by atoms with E-state index in [2.05, 4.69) is 51.6 Å². The Hall–Kier alpha value is -2.66. The molecule has 5 rings (SSSR count). The number of benzene rings is 1. The fourth-order valence-electron chi connectivity index (χ4n) is 5.25. The number of hydrogen-bond acceptors (Lipinski definition) is 3. The molecule has 0 bridgehead atoms. The molecule has 144 valence electrons. The van der Waals surface area contributed by atoms with E-state index in [1.165, 1.54) is 28.5 Å². The Labute approximate surface area is 165 Å². The highest BCUT2D eigenvalue weighted by Crippen LogP contribution is 2.44. The summed E-state index contributed by atoms with van der Waals surface area (Å²) in [6, 6.07) is 10.9. The molecule has 3 heterocycles. The number of piperidine rings is 1. The van der Waals surface area contributed by atoms with E-state index in [0.29, 0.717) is 30.0 Å². The van der Waals surface area contributed by atoms with E-state index in [0.717, 1.165) is 19.4 Å². The van der Waals surface area contributed by atoms with Crippen molar-refractivity contribution in [3.8, 4) is 0 Å². The number of nitrogens with one attached hydrogen (secondary N) is 2. The molecule has 0 saturated carbocycles. The number of aromatic amines is 1. The van der Waals surface area contributed by atoms with Crippen molar-refractivity contribution >= 4 is 16.8 Å². The van der Waals surface area contributed by atoms with Crippen molar-refractivity contribution in [2.45, 2.75) is 31.2 Å². The molecule has 0 spiro atoms. The van der Waals surface area contributed by atoms with Crippen LogP contribution in [0.25, 0.3) is 10.9 Å². The van der Waals surface area contributed by atoms with Gasteiger partial charge >= 0.3 is 0 Å². The maximum absolute atomic E-state index is 12.2. The number of likely N-dealkylation sites (tertiary alicyclic amines) is 1. The van der Waals surface area contributed by atoms with E-state index >= 15 is 0 Å². The van der Waals surface area contributed by atoms with Crippen LogP contribution in [-0.4, -0.2) is 47.0 Å². The number of nitrogens with zero attached hydrogens (tertiary/aromatic N) is 2. The van der Waals surface area contributed by atoms with Gasteiger partial charge in [-0.3, -0.25) is 9.78 Å². The van der Waals surface area contributed by atoms with Gasteiger partial charge in [0.25, 0.3) is 5.91 Å². The molecule has 1 saturated heterocycles. The van der Waals surface area contributed by atoms with Gasteiger partial charge in [-0.2, -0.15) is 0 Å². The largest absolute Gasteiger partial charge is 0.361 e. The van der Waals surface area contributed by atoms with Gasteiger partial charge in [0.1, 0.15) is 0 Å². The van der Waals surface area contributed by atoms with Gasteiger partial charge in [0.2, 0.25) is 0 Å². The summed E-state index contributed by atoms with van der Waals surface area (Å²) in [6.45, 7) is 1.81. The number of likely N-dealkylation sites (N-methyl/N-ethyl adjacent to an activating group) is 1. The number of carbonyl (C=O) groups excluding carboxylic acids is 1. The summed E-state index contributed by atoms with van der Waals surface area (Å²) in [4.78, 5) is 22.3. The van der Waals surface area contributed by atoms with Crippen LogP contribution < -0.4 is 5.32 Å². The Bertz CT molecular complexity index is 996. The molecule has 1 fully saturated rings. The van der Waals surface area contributed by atoms with Crippen molar-refractivity contribution in [1.82, 2.24) is 20.2 Å². The zero-order chi connectivity index (χ0) is 19.1. The van der Waals surface area contributed by atoms with E-state index in [-0.39, 0.29) is 5.91 Å². The van der Waals surface area contributed by atoms with Gasteiger partial charge in [-0.05, 0) is 61.6 Å². The number of aromatic nitrogens is 2. The Morgan fingerprint density at radius 2 is 2.25 bits per heavy atom. The van der Waals surface area contributed by atoms with Crippen LogP contribution in [0.5, 0.6) is 0 Å². The molecule has 28 heavy (non-hydrogen) atoms. The van der Waals surface area contributed by atoms with Crippen molar-refractivity contribution < 1.29 is 4.79 Å². The average molecular weight is 374 g/mol. The molecule has 1 aliphatic heterocycles. The van der Waals surface area contributed by atoms with Crippen LogP contribution in [0, 0.1) is 5.92 Å². The van der Waals surface area contributed by atoms with Crippen molar-refractivity contribution in [3.63, 3.8) is 0 Å². The van der Waals surface area contributed by atoms with Gasteiger partial charge in [0.05, 0.1) is 5.56 Å². The first-order chi connectivity index (χ1) is 13.7. The second kappa shape index (κ2) is 7.06. The number of carbonyl (C=O) groups is 1. The molecule has 1 unspecified atom stereocenters. The lowest BCUT2D eigenvalue weighted by Gasteiger charge is -2.45. The first-order valence-electron chi connectivity index (χ1n) is 10.2. The summed E-state index contributed by atoms with van der Waals surface area (Å²) < 4.78 is 0. The molecule has 5 heteroatoms. The van der Waals surface area contributed by atoms with Gasteiger partial charge in [0.15, 0.2) is 0 Å². The van der Waals surface area contributed by atoms with Crippen LogP contribution >= 0.6 is 0 Å². The lowest BCUT2D eigenvalue weighted by Crippen LogP contribution is -2.48. The molecule has 3 atom stereocenters. The van der Waals surface area contributed by atoms with Crippen molar-refractivity contribution in [3.05, 3.63) is 65.6 Å². The lowest BCUT2D eigenvalue weighted by atomic mass is 9.72. The number of rotatable bonds is 4. The van der Waals surface area contributed by atoms with Crippen LogP contribution in [0.15, 0.2) is 48.9 Å². The molecule has 2 aliphatic rings. The Morgan fingerprint density at radius 1 is 1.32 bits per heavy atom. The highest BCUT2D eigenvalue weighted by molar-refractivity contribution is 5.93. The van der Waals surface area contributed by atoms with Crippen molar-refractivity contribution in [2.24, 2.45) is 5.92 Å². The highest BCUT2D eigenvalue weighted by atomic mass is 16.1. The van der Waals surface area contributed by atoms with Crippen LogP contribution in [0.4, 0.5) is 0 Å². The Morgan fingerprint density at radius 3 is 3.11 bits per heavy atom. The molecule has 3 aromatic rings. The van der Waals surface area contributed by atoms with Gasteiger partial charge in [-0.15, -0.1) is 0 Å². The quantitative estimate of drug-likeness (QED) is 0.736. The zero-order valence-corrected chi connectivity index (χ0v) is 16.2. The van der Waals surface area contributed by atoms with Gasteiger partial charge in [-0.1, -0.05) is 12.1 Å². The molecule has 1 aromatic carbocycles. The second-order valence-electron chi connectivity index (χ2n) is 8.29. The summed E-state index contributed by atoms with van der Waals surface area (Å²) in [7, 11) is 2.26. The number of H-pyrrole nitrogens is 1. The minimum Gasteiger partial charge on any atom is -0.361 e. The smallest absolute Gasteiger partial charge is 0.252 e. The molecule has 5 nitrogen and oxygen atoms in total. The molecule has 2 aromatic heterocycles. The summed E-state index contributed by atoms with van der Waals surface area (Å²) in [5.41, 5.74) is 4.85. The molecular weight excluding hydrogens is 348 g/mol. The SMILES string of the molecule is CN1CC(CCNC(=O)c2cccnc2)C[C@@H]2c3cccc4[nH]cc(c34)C[C@H]21. The minimum atomic E-state index is -0.0328. The van der Waals surface area contributed by atoms with Crippen LogP contribution in [0.3, 0.4) is 0 Å². The lowest BCUT2D eigenvalue weighted by molar-refractivity contribution is 0.0926. The molecule has 2 N–H and O–H groups in total. The van der Waals surface area contributed by atoms with Gasteiger partial charge in [0, 0.05) is 54.5 Å². The number of amides is 1. The van der Waals surface area contributed by atoms with Crippen molar-refractivity contribution in [1.29, 1.82) is 0 Å². The third-order valence-corrected chi connectivity index (χ3v) is 6.57. The highest BCUT2D eigenvalue weighted by Gasteiger charge is 2.39. The zero-order valence-electron chi connectivity index (χ0n) is 16.2. The maximum Gasteiger partial charge on any atom is 0.252 e. The normalized spacial score (nSPS) is 24.1. The standard InChI is InChI=1S/C23H26N4O/c1-27-14-15(7-9-25-23(28)16-4-3-8-24-12-16)10-19-18-5-2-6-20-22(18)17(13-26-20)11-21(19)27/h2-6,8,12-13,15,19,21,26H,7,9-11,14H2,1H3,(H,25,28)/t15?,19-,21-/m1/s1. The van der Waals surface area contributed by atoms with E-state index in [9.17, 15) is 4.79 Å². The number of hydrogen-bond donors (Lipinski definition) is 2. The summed E-state index contributed by atoms with van der Waals surface area (Å²) in [6.07, 6.45) is 8.83. The third-order valence-electron chi connectivity index (χ3n) is 6.57. The summed E-state index contributed by atoms with van der Waals surface area (Å²) in [5.74, 6) is 1.13. The average Bonchev–Trinajstić information content (AvgIpc) is 3.14. The Balaban J connectivity index is 1.28. The monoisotopic (exact) mass is 374 g/mol. The predicted molar refractivity (Wildman–Crippen MR) is 110 cm³/mol. The molecule has 1 aliphatic carbocycles. The van der Waals surface area contributed by atoms with E-state index in [4.69, 9.17) is 0 Å². The van der Waals surface area contributed by atoms with Gasteiger partial charge in [-0.25, -0.2) is 0 Å². The third kappa shape index (κ3) is 3.00. The fourth-order valence-corrected chi connectivity index (χ4v) is 5.25. The van der Waals surface area contributed by atoms with E-state index in [1.807, 2.05) is 0 Å².